The molecule has 14 heavy (non-hydrogen) atoms. The Labute approximate surface area is 94.0 Å². The van der Waals surface area contributed by atoms with Gasteiger partial charge in [0.05, 0.1) is 21.9 Å². The minimum Gasteiger partial charge on any atom is -0.383 e. The van der Waals surface area contributed by atoms with Gasteiger partial charge in [-0.15, -0.1) is 11.3 Å². The van der Waals surface area contributed by atoms with Crippen molar-refractivity contribution in [2.24, 2.45) is 0 Å². The average molecular weight is 298 g/mol. The normalized spacial score (nSPS) is 30.7. The van der Waals surface area contributed by atoms with Crippen LogP contribution in [0.3, 0.4) is 0 Å². The Morgan fingerprint density at radius 2 is 2.36 bits per heavy atom. The SMILES string of the molecule is O=S1(=O)CCC(O)(c2scnc2Br)C1. The summed E-state index contributed by atoms with van der Waals surface area (Å²) in [5.41, 5.74) is 0.348. The van der Waals surface area contributed by atoms with Gasteiger partial charge in [-0.25, -0.2) is 13.4 Å². The van der Waals surface area contributed by atoms with Gasteiger partial charge in [-0.1, -0.05) is 0 Å². The molecule has 1 aliphatic heterocycles. The van der Waals surface area contributed by atoms with E-state index >= 15 is 0 Å². The van der Waals surface area contributed by atoms with Crippen LogP contribution >= 0.6 is 27.3 Å². The first-order chi connectivity index (χ1) is 6.43. The molecule has 0 spiro atoms. The molecule has 0 saturated carbocycles. The van der Waals surface area contributed by atoms with Crippen LogP contribution in [0.5, 0.6) is 0 Å². The van der Waals surface area contributed by atoms with Gasteiger partial charge in [0.2, 0.25) is 0 Å². The van der Waals surface area contributed by atoms with Crippen LogP contribution in [0.1, 0.15) is 11.3 Å². The Bertz CT molecular complexity index is 455. The summed E-state index contributed by atoms with van der Waals surface area (Å²) in [5.74, 6) is -0.144. The van der Waals surface area contributed by atoms with Crippen molar-refractivity contribution in [3.05, 3.63) is 15.0 Å². The second kappa shape index (κ2) is 3.26. The summed E-state index contributed by atoms with van der Waals surface area (Å²) in [7, 11) is -3.09. The molecule has 78 valence electrons. The van der Waals surface area contributed by atoms with Gasteiger partial charge >= 0.3 is 0 Å². The van der Waals surface area contributed by atoms with Crippen molar-refractivity contribution < 1.29 is 13.5 Å². The van der Waals surface area contributed by atoms with Crippen molar-refractivity contribution in [2.45, 2.75) is 12.0 Å². The first-order valence-corrected chi connectivity index (χ1v) is 7.45. The van der Waals surface area contributed by atoms with Gasteiger partial charge in [0.1, 0.15) is 10.2 Å². The molecule has 0 radical (unpaired) electrons. The largest absolute Gasteiger partial charge is 0.383 e. The Balaban J connectivity index is 2.41. The molecule has 2 heterocycles. The molecule has 1 fully saturated rings. The summed E-state index contributed by atoms with van der Waals surface area (Å²) in [5, 5.41) is 10.1. The van der Waals surface area contributed by atoms with E-state index in [1.807, 2.05) is 0 Å². The number of thiazole rings is 1. The van der Waals surface area contributed by atoms with Crippen LogP contribution in [0.4, 0.5) is 0 Å². The summed E-state index contributed by atoms with van der Waals surface area (Å²) in [4.78, 5) is 4.54. The monoisotopic (exact) mass is 297 g/mol. The molecule has 1 saturated heterocycles. The summed E-state index contributed by atoms with van der Waals surface area (Å²) in [6.45, 7) is 0. The third kappa shape index (κ3) is 1.73. The maximum Gasteiger partial charge on any atom is 0.153 e. The van der Waals surface area contributed by atoms with E-state index < -0.39 is 15.4 Å². The number of nitrogens with zero attached hydrogens (tertiary/aromatic N) is 1. The molecule has 2 rings (SSSR count). The fourth-order valence-electron chi connectivity index (χ4n) is 1.55. The Hall–Kier alpha value is 0.0200. The number of sulfone groups is 1. The van der Waals surface area contributed by atoms with Gasteiger partial charge in [-0.2, -0.15) is 0 Å². The molecular formula is C7H8BrNO3S2. The van der Waals surface area contributed by atoms with Crippen molar-refractivity contribution >= 4 is 37.1 Å². The van der Waals surface area contributed by atoms with Gasteiger partial charge < -0.3 is 5.11 Å². The number of hydrogen-bond donors (Lipinski definition) is 1. The van der Waals surface area contributed by atoms with Crippen molar-refractivity contribution in [3.63, 3.8) is 0 Å². The standard InChI is InChI=1S/C7H8BrNO3S2/c8-6-5(13-4-9-6)7(10)1-2-14(11,12)3-7/h4,10H,1-3H2. The number of hydrogen-bond acceptors (Lipinski definition) is 5. The van der Waals surface area contributed by atoms with Crippen LogP contribution in [0.15, 0.2) is 10.1 Å². The van der Waals surface area contributed by atoms with E-state index in [1.165, 1.54) is 11.3 Å². The van der Waals surface area contributed by atoms with Crippen LogP contribution in [0, 0.1) is 0 Å². The third-order valence-corrected chi connectivity index (χ3v) is 5.86. The molecule has 0 aromatic carbocycles. The highest BCUT2D eigenvalue weighted by molar-refractivity contribution is 9.10. The third-order valence-electron chi connectivity index (χ3n) is 2.23. The summed E-state index contributed by atoms with van der Waals surface area (Å²) < 4.78 is 23.1. The lowest BCUT2D eigenvalue weighted by atomic mass is 10.0. The van der Waals surface area contributed by atoms with E-state index in [0.29, 0.717) is 9.48 Å². The van der Waals surface area contributed by atoms with Crippen LogP contribution < -0.4 is 0 Å². The zero-order chi connectivity index (χ0) is 10.4. The fraction of sp³-hybridized carbons (Fsp3) is 0.571. The lowest BCUT2D eigenvalue weighted by molar-refractivity contribution is 0.0682. The molecule has 1 aromatic rings. The fourth-order valence-corrected chi connectivity index (χ4v) is 5.14. The highest BCUT2D eigenvalue weighted by atomic mass is 79.9. The first-order valence-electron chi connectivity index (χ1n) is 3.95. The van der Waals surface area contributed by atoms with Crippen molar-refractivity contribution in [1.82, 2.24) is 4.98 Å². The minimum atomic E-state index is -3.09. The second-order valence-electron chi connectivity index (χ2n) is 3.35. The predicted octanol–water partition coefficient (Wildman–Crippen LogP) is 0.912. The Morgan fingerprint density at radius 1 is 1.64 bits per heavy atom. The van der Waals surface area contributed by atoms with Crippen molar-refractivity contribution in [1.29, 1.82) is 0 Å². The minimum absolute atomic E-state index is 0.0494. The van der Waals surface area contributed by atoms with Crippen LogP contribution in [0.2, 0.25) is 0 Å². The van der Waals surface area contributed by atoms with Gasteiger partial charge in [0.15, 0.2) is 9.84 Å². The smallest absolute Gasteiger partial charge is 0.153 e. The molecule has 1 N–H and O–H groups in total. The second-order valence-corrected chi connectivity index (χ2v) is 7.14. The number of rotatable bonds is 1. The highest BCUT2D eigenvalue weighted by Crippen LogP contribution is 2.39. The predicted molar refractivity (Wildman–Crippen MR) is 57.0 cm³/mol. The molecule has 0 bridgehead atoms. The summed E-state index contributed by atoms with van der Waals surface area (Å²) in [6.07, 6.45) is 0.260. The Kier molecular flexibility index (Phi) is 2.45. The van der Waals surface area contributed by atoms with E-state index in [-0.39, 0.29) is 17.9 Å². The maximum atomic E-state index is 11.3. The molecule has 1 aromatic heterocycles. The zero-order valence-corrected chi connectivity index (χ0v) is 10.3. The van der Waals surface area contributed by atoms with Gasteiger partial charge in [-0.05, 0) is 22.4 Å². The van der Waals surface area contributed by atoms with Gasteiger partial charge in [0.25, 0.3) is 0 Å². The topological polar surface area (TPSA) is 67.3 Å². The van der Waals surface area contributed by atoms with E-state index in [1.54, 1.807) is 5.51 Å². The van der Waals surface area contributed by atoms with Crippen LogP contribution in [-0.2, 0) is 15.4 Å². The van der Waals surface area contributed by atoms with E-state index in [2.05, 4.69) is 20.9 Å². The summed E-state index contributed by atoms with van der Waals surface area (Å²) >= 11 is 4.47. The Morgan fingerprint density at radius 3 is 2.79 bits per heavy atom. The molecule has 0 amide bonds. The molecule has 1 atom stereocenters. The van der Waals surface area contributed by atoms with E-state index in [0.717, 1.165) is 0 Å². The number of halogens is 1. The zero-order valence-electron chi connectivity index (χ0n) is 7.10. The molecule has 1 unspecified atom stereocenters. The summed E-state index contributed by atoms with van der Waals surface area (Å²) in [6, 6.07) is 0. The average Bonchev–Trinajstić information content (AvgIpc) is 2.57. The van der Waals surface area contributed by atoms with Gasteiger partial charge in [0, 0.05) is 0 Å². The van der Waals surface area contributed by atoms with E-state index in [9.17, 15) is 13.5 Å². The van der Waals surface area contributed by atoms with Crippen LogP contribution in [0.25, 0.3) is 0 Å². The maximum absolute atomic E-state index is 11.3. The highest BCUT2D eigenvalue weighted by Gasteiger charge is 2.44. The first kappa shape index (κ1) is 10.5. The van der Waals surface area contributed by atoms with Crippen LogP contribution in [-0.4, -0.2) is 30.0 Å². The number of aliphatic hydroxyl groups is 1. The molecule has 0 aliphatic carbocycles. The quantitative estimate of drug-likeness (QED) is 0.837. The van der Waals surface area contributed by atoms with Crippen molar-refractivity contribution in [2.75, 3.05) is 11.5 Å². The van der Waals surface area contributed by atoms with Gasteiger partial charge in [-0.3, -0.25) is 0 Å². The molecule has 1 aliphatic rings. The lowest BCUT2D eigenvalue weighted by Crippen LogP contribution is -2.26. The lowest BCUT2D eigenvalue weighted by Gasteiger charge is -2.18. The molecular weight excluding hydrogens is 290 g/mol. The molecule has 7 heteroatoms. The van der Waals surface area contributed by atoms with E-state index in [4.69, 9.17) is 0 Å². The van der Waals surface area contributed by atoms with Crippen molar-refractivity contribution in [3.8, 4) is 0 Å². The number of aromatic nitrogens is 1. The molecule has 4 nitrogen and oxygen atoms in total.